The molecule has 0 aliphatic carbocycles. The van der Waals surface area contributed by atoms with Crippen LogP contribution >= 0.6 is 0 Å². The fraction of sp³-hybridized carbons (Fsp3) is 0.286. The van der Waals surface area contributed by atoms with Crippen LogP contribution in [0.1, 0.15) is 37.0 Å². The molecule has 3 rings (SSSR count). The van der Waals surface area contributed by atoms with Crippen LogP contribution in [0.4, 0.5) is 4.39 Å². The van der Waals surface area contributed by atoms with Crippen molar-refractivity contribution in [1.82, 2.24) is 10.2 Å². The minimum Gasteiger partial charge on any atom is -0.352 e. The van der Waals surface area contributed by atoms with Crippen LogP contribution in [0, 0.1) is 5.82 Å². The highest BCUT2D eigenvalue weighted by Gasteiger charge is 2.31. The lowest BCUT2D eigenvalue weighted by Crippen LogP contribution is -2.52. The minimum atomic E-state index is -0.721. The van der Waals surface area contributed by atoms with E-state index in [9.17, 15) is 14.0 Å². The van der Waals surface area contributed by atoms with Crippen LogP contribution in [0.5, 0.6) is 0 Å². The normalized spacial score (nSPS) is 12.6. The molecule has 0 radical (unpaired) electrons. The van der Waals surface area contributed by atoms with Crippen molar-refractivity contribution >= 4 is 11.8 Å². The molecule has 5 heteroatoms. The van der Waals surface area contributed by atoms with Crippen molar-refractivity contribution in [1.29, 1.82) is 0 Å². The molecular formula is C28H31FN2O2. The van der Waals surface area contributed by atoms with Crippen molar-refractivity contribution in [2.24, 2.45) is 0 Å². The zero-order valence-electron chi connectivity index (χ0n) is 19.2. The molecule has 0 unspecified atom stereocenters. The van der Waals surface area contributed by atoms with Gasteiger partial charge in [0.15, 0.2) is 0 Å². The van der Waals surface area contributed by atoms with Crippen LogP contribution in [-0.4, -0.2) is 28.8 Å². The molecule has 3 aromatic rings. The molecule has 0 saturated heterocycles. The molecule has 4 nitrogen and oxygen atoms in total. The van der Waals surface area contributed by atoms with Gasteiger partial charge in [0.05, 0.1) is 6.42 Å². The lowest BCUT2D eigenvalue weighted by molar-refractivity contribution is -0.141. The zero-order chi connectivity index (χ0) is 23.6. The molecule has 33 heavy (non-hydrogen) atoms. The van der Waals surface area contributed by atoms with Gasteiger partial charge in [-0.3, -0.25) is 9.59 Å². The van der Waals surface area contributed by atoms with Crippen LogP contribution in [0.25, 0.3) is 0 Å². The Morgan fingerprint density at radius 2 is 1.45 bits per heavy atom. The van der Waals surface area contributed by atoms with Crippen molar-refractivity contribution in [2.45, 2.75) is 51.7 Å². The second-order valence-electron chi connectivity index (χ2n) is 8.30. The summed E-state index contributed by atoms with van der Waals surface area (Å²) in [5.74, 6) is -0.913. The lowest BCUT2D eigenvalue weighted by Gasteiger charge is -2.32. The average Bonchev–Trinajstić information content (AvgIpc) is 2.83. The van der Waals surface area contributed by atoms with Gasteiger partial charge in [0.2, 0.25) is 11.8 Å². The number of amides is 2. The number of benzene rings is 3. The Labute approximate surface area is 195 Å². The highest BCUT2D eigenvalue weighted by atomic mass is 19.1. The molecule has 0 spiro atoms. The predicted octanol–water partition coefficient (Wildman–Crippen LogP) is 4.92. The third kappa shape index (κ3) is 7.01. The molecule has 0 aromatic heterocycles. The summed E-state index contributed by atoms with van der Waals surface area (Å²) in [4.78, 5) is 28.5. The third-order valence-corrected chi connectivity index (χ3v) is 5.77. The van der Waals surface area contributed by atoms with Gasteiger partial charge in [-0.05, 0) is 36.1 Å². The molecule has 0 saturated carbocycles. The van der Waals surface area contributed by atoms with Gasteiger partial charge in [-0.2, -0.15) is 0 Å². The molecule has 0 fully saturated rings. The van der Waals surface area contributed by atoms with E-state index in [1.54, 1.807) is 23.1 Å². The monoisotopic (exact) mass is 446 g/mol. The summed E-state index contributed by atoms with van der Waals surface area (Å²) < 4.78 is 14.3. The summed E-state index contributed by atoms with van der Waals surface area (Å²) >= 11 is 0. The summed E-state index contributed by atoms with van der Waals surface area (Å²) in [6, 6.07) is 24.8. The number of carbonyl (C=O) groups is 2. The number of carbonyl (C=O) groups excluding carboxylic acids is 2. The van der Waals surface area contributed by atoms with Crippen molar-refractivity contribution in [2.75, 3.05) is 0 Å². The molecule has 0 heterocycles. The Kier molecular flexibility index (Phi) is 8.76. The van der Waals surface area contributed by atoms with E-state index in [-0.39, 0.29) is 30.8 Å². The van der Waals surface area contributed by atoms with Crippen molar-refractivity contribution < 1.29 is 14.0 Å². The number of hydrogen-bond donors (Lipinski definition) is 1. The number of nitrogens with one attached hydrogen (secondary N) is 1. The van der Waals surface area contributed by atoms with Crippen LogP contribution < -0.4 is 5.32 Å². The number of hydrogen-bond acceptors (Lipinski definition) is 2. The maximum atomic E-state index is 14.3. The molecule has 0 aliphatic rings. The second-order valence-corrected chi connectivity index (χ2v) is 8.30. The second kappa shape index (κ2) is 12.0. The Morgan fingerprint density at radius 3 is 2.06 bits per heavy atom. The maximum absolute atomic E-state index is 14.3. The smallest absolute Gasteiger partial charge is 0.243 e. The number of halogens is 1. The molecule has 172 valence electrons. The van der Waals surface area contributed by atoms with Gasteiger partial charge in [-0.15, -0.1) is 0 Å². The van der Waals surface area contributed by atoms with Crippen molar-refractivity contribution in [3.63, 3.8) is 0 Å². The van der Waals surface area contributed by atoms with Crippen LogP contribution in [0.2, 0.25) is 0 Å². The van der Waals surface area contributed by atoms with Crippen LogP contribution in [0.15, 0.2) is 84.9 Å². The van der Waals surface area contributed by atoms with E-state index in [4.69, 9.17) is 0 Å². The van der Waals surface area contributed by atoms with Gasteiger partial charge in [0.25, 0.3) is 0 Å². The fourth-order valence-corrected chi connectivity index (χ4v) is 3.68. The summed E-state index contributed by atoms with van der Waals surface area (Å²) in [5, 5.41) is 3.04. The van der Waals surface area contributed by atoms with Gasteiger partial charge >= 0.3 is 0 Å². The topological polar surface area (TPSA) is 49.4 Å². The first-order chi connectivity index (χ1) is 16.0. The predicted molar refractivity (Wildman–Crippen MR) is 129 cm³/mol. The molecule has 0 bridgehead atoms. The van der Waals surface area contributed by atoms with E-state index in [1.807, 2.05) is 74.5 Å². The average molecular weight is 447 g/mol. The molecular weight excluding hydrogens is 415 g/mol. The third-order valence-electron chi connectivity index (χ3n) is 5.77. The molecule has 2 amide bonds. The Balaban J connectivity index is 1.96. The summed E-state index contributed by atoms with van der Waals surface area (Å²) in [5.41, 5.74) is 2.19. The molecule has 2 atom stereocenters. The first-order valence-electron chi connectivity index (χ1n) is 11.4. The van der Waals surface area contributed by atoms with Gasteiger partial charge < -0.3 is 10.2 Å². The van der Waals surface area contributed by atoms with Gasteiger partial charge in [-0.1, -0.05) is 85.8 Å². The lowest BCUT2D eigenvalue weighted by atomic mass is 10.0. The standard InChI is InChI=1S/C28H31FN2O2/c1-3-21(2)30-28(33)26(18-22-12-6-4-7-13-22)31(20-23-14-8-5-9-15-23)27(32)19-24-16-10-11-17-25(24)29/h4-17,21,26H,3,18-20H2,1-2H3,(H,30,33)/t21-,26+/m0/s1. The number of nitrogens with zero attached hydrogens (tertiary/aromatic N) is 1. The Morgan fingerprint density at radius 1 is 0.879 bits per heavy atom. The van der Waals surface area contributed by atoms with Gasteiger partial charge in [-0.25, -0.2) is 4.39 Å². The molecule has 0 aliphatic heterocycles. The molecule has 3 aromatic carbocycles. The highest BCUT2D eigenvalue weighted by molar-refractivity contribution is 5.89. The summed E-state index contributed by atoms with van der Waals surface area (Å²) in [6.07, 6.45) is 1.05. The Bertz CT molecular complexity index is 1040. The van der Waals surface area contributed by atoms with Crippen LogP contribution in [0.3, 0.4) is 0 Å². The fourth-order valence-electron chi connectivity index (χ4n) is 3.68. The van der Waals surface area contributed by atoms with E-state index >= 15 is 0 Å². The van der Waals surface area contributed by atoms with E-state index in [2.05, 4.69) is 5.32 Å². The first-order valence-corrected chi connectivity index (χ1v) is 11.4. The number of rotatable bonds is 10. The van der Waals surface area contributed by atoms with Crippen molar-refractivity contribution in [3.8, 4) is 0 Å². The Hall–Kier alpha value is -3.47. The highest BCUT2D eigenvalue weighted by Crippen LogP contribution is 2.18. The zero-order valence-corrected chi connectivity index (χ0v) is 19.2. The van der Waals surface area contributed by atoms with Gasteiger partial charge in [0, 0.05) is 19.0 Å². The van der Waals surface area contributed by atoms with Crippen molar-refractivity contribution in [3.05, 3.63) is 107 Å². The van der Waals surface area contributed by atoms with Gasteiger partial charge in [0.1, 0.15) is 11.9 Å². The van der Waals surface area contributed by atoms with Crippen LogP contribution in [-0.2, 0) is 29.0 Å². The largest absolute Gasteiger partial charge is 0.352 e. The first kappa shape index (κ1) is 24.2. The molecule has 1 N–H and O–H groups in total. The van der Waals surface area contributed by atoms with E-state index < -0.39 is 11.9 Å². The summed E-state index contributed by atoms with van der Waals surface area (Å²) in [6.45, 7) is 4.21. The van der Waals surface area contributed by atoms with E-state index in [0.717, 1.165) is 17.5 Å². The SMILES string of the molecule is CC[C@H](C)NC(=O)[C@@H](Cc1ccccc1)N(Cc1ccccc1)C(=O)Cc1ccccc1F. The quantitative estimate of drug-likeness (QED) is 0.480. The van der Waals surface area contributed by atoms with E-state index in [0.29, 0.717) is 12.0 Å². The summed E-state index contributed by atoms with van der Waals surface area (Å²) in [7, 11) is 0. The maximum Gasteiger partial charge on any atom is 0.243 e. The van der Waals surface area contributed by atoms with E-state index in [1.165, 1.54) is 6.07 Å². The minimum absolute atomic E-state index is 0.0176.